The van der Waals surface area contributed by atoms with Crippen LogP contribution >= 0.6 is 0 Å². The molecule has 2 heterocycles. The Hall–Kier alpha value is -3.15. The van der Waals surface area contributed by atoms with Crippen LogP contribution < -0.4 is 14.5 Å². The molecule has 0 unspecified atom stereocenters. The number of benzene rings is 2. The maximum absolute atomic E-state index is 13.0. The first-order valence-electron chi connectivity index (χ1n) is 9.52. The van der Waals surface area contributed by atoms with E-state index in [1.165, 1.54) is 0 Å². The van der Waals surface area contributed by atoms with Crippen molar-refractivity contribution in [3.05, 3.63) is 53.6 Å². The highest BCUT2D eigenvalue weighted by Gasteiger charge is 2.27. The molecule has 0 N–H and O–H groups in total. The molecule has 0 bridgehead atoms. The molecular weight excluding hydrogens is 352 g/mol. The summed E-state index contributed by atoms with van der Waals surface area (Å²) in [5.41, 5.74) is 3.81. The molecular formula is C22H24N4O2. The number of hydrogen-bond acceptors (Lipinski definition) is 5. The van der Waals surface area contributed by atoms with E-state index in [0.717, 1.165) is 46.7 Å². The molecule has 1 aromatic heterocycles. The van der Waals surface area contributed by atoms with Gasteiger partial charge in [0.1, 0.15) is 5.75 Å². The molecule has 144 valence electrons. The molecule has 1 amide bonds. The molecule has 3 aromatic rings. The van der Waals surface area contributed by atoms with Crippen molar-refractivity contribution >= 4 is 28.6 Å². The molecule has 6 heteroatoms. The van der Waals surface area contributed by atoms with E-state index >= 15 is 0 Å². The van der Waals surface area contributed by atoms with Crippen molar-refractivity contribution in [1.29, 1.82) is 0 Å². The smallest absolute Gasteiger partial charge is 0.266 e. The summed E-state index contributed by atoms with van der Waals surface area (Å²) >= 11 is 0. The number of rotatable bonds is 3. The number of nitrogens with zero attached hydrogens (tertiary/aromatic N) is 4. The van der Waals surface area contributed by atoms with E-state index in [0.29, 0.717) is 12.4 Å². The lowest BCUT2D eigenvalue weighted by atomic mass is 10.1. The Balaban J connectivity index is 1.64. The van der Waals surface area contributed by atoms with Crippen LogP contribution in [0.4, 0.5) is 11.6 Å². The molecule has 0 radical (unpaired) electrons. The average Bonchev–Trinajstić information content (AvgIpc) is 2.86. The minimum absolute atomic E-state index is 0.0258. The molecule has 0 saturated carbocycles. The summed E-state index contributed by atoms with van der Waals surface area (Å²) in [6.07, 6.45) is 0.847. The maximum atomic E-state index is 13.0. The molecule has 1 aliphatic heterocycles. The normalized spacial score (nSPS) is 14.0. The van der Waals surface area contributed by atoms with E-state index in [9.17, 15) is 4.79 Å². The Kier molecular flexibility index (Phi) is 4.86. The van der Waals surface area contributed by atoms with Gasteiger partial charge in [0.2, 0.25) is 0 Å². The number of ether oxygens (including phenoxy) is 1. The van der Waals surface area contributed by atoms with Gasteiger partial charge in [0.25, 0.3) is 5.91 Å². The number of para-hydroxylation sites is 2. The van der Waals surface area contributed by atoms with Gasteiger partial charge in [0.05, 0.1) is 11.0 Å². The zero-order valence-electron chi connectivity index (χ0n) is 16.5. The third-order valence-corrected chi connectivity index (χ3v) is 5.23. The Morgan fingerprint density at radius 1 is 1.00 bits per heavy atom. The van der Waals surface area contributed by atoms with Crippen LogP contribution in [0.15, 0.2) is 42.5 Å². The third-order valence-electron chi connectivity index (χ3n) is 5.23. The molecule has 0 spiro atoms. The summed E-state index contributed by atoms with van der Waals surface area (Å²) in [6, 6.07) is 13.6. The van der Waals surface area contributed by atoms with Crippen LogP contribution in [0.25, 0.3) is 11.0 Å². The molecule has 2 aromatic carbocycles. The van der Waals surface area contributed by atoms with Gasteiger partial charge < -0.3 is 9.64 Å². The average molecular weight is 376 g/mol. The van der Waals surface area contributed by atoms with Gasteiger partial charge in [0.15, 0.2) is 18.2 Å². The first-order chi connectivity index (χ1) is 13.5. The van der Waals surface area contributed by atoms with Gasteiger partial charge in [0, 0.05) is 20.1 Å². The standard InChI is InChI=1S/C22H24N4O2/c1-15-8-6-11-19(16(15)2)28-14-20(27)26-13-7-12-25(3)21-22(26)24-18-10-5-4-9-17(18)23-21/h4-6,8-11H,7,12-14H2,1-3H3. The van der Waals surface area contributed by atoms with Crippen molar-refractivity contribution in [2.45, 2.75) is 20.3 Å². The highest BCUT2D eigenvalue weighted by atomic mass is 16.5. The fourth-order valence-electron chi connectivity index (χ4n) is 3.44. The number of hydrogen-bond donors (Lipinski definition) is 0. The lowest BCUT2D eigenvalue weighted by molar-refractivity contribution is -0.120. The van der Waals surface area contributed by atoms with Gasteiger partial charge >= 0.3 is 0 Å². The van der Waals surface area contributed by atoms with E-state index in [-0.39, 0.29) is 12.5 Å². The quantitative estimate of drug-likeness (QED) is 0.700. The maximum Gasteiger partial charge on any atom is 0.266 e. The van der Waals surface area contributed by atoms with E-state index in [1.807, 2.05) is 63.4 Å². The first kappa shape index (κ1) is 18.2. The first-order valence-corrected chi connectivity index (χ1v) is 9.52. The Morgan fingerprint density at radius 3 is 2.46 bits per heavy atom. The number of carbonyl (C=O) groups is 1. The lowest BCUT2D eigenvalue weighted by Crippen LogP contribution is -2.36. The predicted octanol–water partition coefficient (Wildman–Crippen LogP) is 3.50. The monoisotopic (exact) mass is 376 g/mol. The van der Waals surface area contributed by atoms with Crippen LogP contribution in [0.2, 0.25) is 0 Å². The van der Waals surface area contributed by atoms with Gasteiger partial charge in [-0.05, 0) is 49.6 Å². The van der Waals surface area contributed by atoms with Crippen LogP contribution in [0.5, 0.6) is 5.75 Å². The molecule has 0 fully saturated rings. The summed E-state index contributed by atoms with van der Waals surface area (Å²) < 4.78 is 5.85. The summed E-state index contributed by atoms with van der Waals surface area (Å²) in [7, 11) is 1.99. The Labute approximate surface area is 164 Å². The summed E-state index contributed by atoms with van der Waals surface area (Å²) in [6.45, 7) is 5.43. The van der Waals surface area contributed by atoms with Crippen molar-refractivity contribution in [2.75, 3.05) is 36.5 Å². The summed E-state index contributed by atoms with van der Waals surface area (Å²) in [5.74, 6) is 1.97. The van der Waals surface area contributed by atoms with Crippen LogP contribution in [0.1, 0.15) is 17.5 Å². The SMILES string of the molecule is Cc1cccc(OCC(=O)N2CCCN(C)c3nc4ccccc4nc32)c1C. The topological polar surface area (TPSA) is 58.6 Å². The van der Waals surface area contributed by atoms with Gasteiger partial charge in [-0.15, -0.1) is 0 Å². The molecule has 6 nitrogen and oxygen atoms in total. The molecule has 0 saturated heterocycles. The van der Waals surface area contributed by atoms with Gasteiger partial charge in [-0.3, -0.25) is 9.69 Å². The number of aryl methyl sites for hydroxylation is 1. The van der Waals surface area contributed by atoms with Crippen molar-refractivity contribution < 1.29 is 9.53 Å². The third kappa shape index (κ3) is 3.38. The fraction of sp³-hybridized carbons (Fsp3) is 0.318. The van der Waals surface area contributed by atoms with Gasteiger partial charge in [-0.25, -0.2) is 9.97 Å². The molecule has 0 atom stereocenters. The molecule has 1 aliphatic rings. The molecule has 0 aliphatic carbocycles. The number of amides is 1. The highest BCUT2D eigenvalue weighted by molar-refractivity contribution is 5.97. The van der Waals surface area contributed by atoms with Crippen LogP contribution in [-0.4, -0.2) is 42.6 Å². The second kappa shape index (κ2) is 7.46. The predicted molar refractivity (Wildman–Crippen MR) is 111 cm³/mol. The van der Waals surface area contributed by atoms with Crippen LogP contribution in [0.3, 0.4) is 0 Å². The second-order valence-electron chi connectivity index (χ2n) is 7.17. The number of carbonyl (C=O) groups excluding carboxylic acids is 1. The molecule has 4 rings (SSSR count). The second-order valence-corrected chi connectivity index (χ2v) is 7.17. The Bertz CT molecular complexity index is 1030. The summed E-state index contributed by atoms with van der Waals surface area (Å²) in [5, 5.41) is 0. The van der Waals surface area contributed by atoms with Crippen molar-refractivity contribution in [3.8, 4) is 5.75 Å². The van der Waals surface area contributed by atoms with Crippen LogP contribution in [-0.2, 0) is 4.79 Å². The van der Waals surface area contributed by atoms with Crippen molar-refractivity contribution in [1.82, 2.24) is 9.97 Å². The fourth-order valence-corrected chi connectivity index (χ4v) is 3.44. The Morgan fingerprint density at radius 2 is 1.71 bits per heavy atom. The van der Waals surface area contributed by atoms with E-state index < -0.39 is 0 Å². The molecule has 28 heavy (non-hydrogen) atoms. The minimum atomic E-state index is -0.109. The number of fused-ring (bicyclic) bond motifs is 2. The van der Waals surface area contributed by atoms with E-state index in [2.05, 4.69) is 4.90 Å². The van der Waals surface area contributed by atoms with Crippen molar-refractivity contribution in [2.24, 2.45) is 0 Å². The van der Waals surface area contributed by atoms with E-state index in [1.54, 1.807) is 4.90 Å². The highest BCUT2D eigenvalue weighted by Crippen LogP contribution is 2.30. The van der Waals surface area contributed by atoms with E-state index in [4.69, 9.17) is 14.7 Å². The number of aromatic nitrogens is 2. The minimum Gasteiger partial charge on any atom is -0.483 e. The van der Waals surface area contributed by atoms with Gasteiger partial charge in [-0.1, -0.05) is 24.3 Å². The zero-order chi connectivity index (χ0) is 19.7. The summed E-state index contributed by atoms with van der Waals surface area (Å²) in [4.78, 5) is 26.3. The zero-order valence-corrected chi connectivity index (χ0v) is 16.5. The van der Waals surface area contributed by atoms with Gasteiger partial charge in [-0.2, -0.15) is 0 Å². The largest absolute Gasteiger partial charge is 0.483 e. The lowest BCUT2D eigenvalue weighted by Gasteiger charge is -2.23. The van der Waals surface area contributed by atoms with Crippen molar-refractivity contribution in [3.63, 3.8) is 0 Å². The van der Waals surface area contributed by atoms with Crippen LogP contribution in [0, 0.1) is 13.8 Å². The number of anilines is 2.